The van der Waals surface area contributed by atoms with Gasteiger partial charge in [-0.15, -0.1) is 22.7 Å². The minimum atomic E-state index is -4.31. The molecule has 0 unspecified atom stereocenters. The molecule has 0 aliphatic carbocycles. The van der Waals surface area contributed by atoms with Crippen LogP contribution in [0.5, 0.6) is 0 Å². The highest BCUT2D eigenvalue weighted by molar-refractivity contribution is 8.00. The van der Waals surface area contributed by atoms with E-state index in [0.29, 0.717) is 0 Å². The molecule has 1 aliphatic rings. The van der Waals surface area contributed by atoms with Crippen molar-refractivity contribution in [3.63, 3.8) is 0 Å². The Kier molecular flexibility index (Phi) is 6.47. The van der Waals surface area contributed by atoms with Gasteiger partial charge in [0.15, 0.2) is 0 Å². The first-order valence-electron chi connectivity index (χ1n) is 11.9. The number of nitrogens with zero attached hydrogens (tertiary/aromatic N) is 4. The number of fused-ring (bicyclic) bond motifs is 2. The van der Waals surface area contributed by atoms with Crippen molar-refractivity contribution in [2.45, 2.75) is 17.3 Å². The summed E-state index contributed by atoms with van der Waals surface area (Å²) < 4.78 is 56.9. The van der Waals surface area contributed by atoms with E-state index in [-0.39, 0.29) is 16.7 Å². The summed E-state index contributed by atoms with van der Waals surface area (Å²) >= 11 is 5.45. The highest BCUT2D eigenvalue weighted by Gasteiger charge is 2.30. The first kappa shape index (κ1) is 25.8. The monoisotopic (exact) mass is 624 g/mol. The molecule has 0 fully saturated rings. The number of thioether (sulfide) groups is 1. The lowest BCUT2D eigenvalue weighted by atomic mass is 10.0. The van der Waals surface area contributed by atoms with Crippen molar-refractivity contribution < 1.29 is 13.2 Å². The van der Waals surface area contributed by atoms with Gasteiger partial charge in [0.05, 0.1) is 23.1 Å². The number of thiophene rings is 2. The summed E-state index contributed by atoms with van der Waals surface area (Å²) in [5.74, 6) is 0. The number of hydrogen-bond acceptors (Lipinski definition) is 8. The topological polar surface area (TPSA) is 50.5 Å². The summed E-state index contributed by atoms with van der Waals surface area (Å²) in [5.41, 5.74) is 3.87. The molecule has 0 amide bonds. The predicted octanol–water partition coefficient (Wildman–Crippen LogP) is 11.1. The van der Waals surface area contributed by atoms with E-state index in [1.54, 1.807) is 34.8 Å². The van der Waals surface area contributed by atoms with Gasteiger partial charge in [-0.3, -0.25) is 0 Å². The van der Waals surface area contributed by atoms with E-state index in [4.69, 9.17) is 8.74 Å². The molecule has 12 heteroatoms. The van der Waals surface area contributed by atoms with E-state index in [1.165, 1.54) is 17.7 Å². The smallest absolute Gasteiger partial charge is 0.172 e. The summed E-state index contributed by atoms with van der Waals surface area (Å²) in [6.45, 7) is 2.08. The van der Waals surface area contributed by atoms with Crippen molar-refractivity contribution >= 4 is 79.9 Å². The highest BCUT2D eigenvalue weighted by atomic mass is 32.2. The Morgan fingerprint density at radius 3 is 1.60 bits per heavy atom. The molecule has 0 saturated heterocycles. The average molecular weight is 625 g/mol. The van der Waals surface area contributed by atoms with Crippen molar-refractivity contribution in [2.75, 3.05) is 0 Å². The van der Waals surface area contributed by atoms with Crippen LogP contribution in [0.4, 0.5) is 24.5 Å². The average Bonchev–Trinajstić information content (AvgIpc) is 3.74. The number of hydrogen-bond donors (Lipinski definition) is 0. The van der Waals surface area contributed by atoms with Gasteiger partial charge in [0.1, 0.15) is 22.4 Å². The van der Waals surface area contributed by atoms with E-state index in [1.807, 2.05) is 12.1 Å². The molecule has 0 spiro atoms. The number of alkyl halides is 3. The maximum Gasteiger partial charge on any atom is 0.446 e. The van der Waals surface area contributed by atoms with Crippen molar-refractivity contribution in [3.05, 3.63) is 78.4 Å². The van der Waals surface area contributed by atoms with Gasteiger partial charge in [-0.2, -0.15) is 30.6 Å². The molecular formula is C28H15F3N4S5. The Labute approximate surface area is 246 Å². The van der Waals surface area contributed by atoms with Gasteiger partial charge in [0.2, 0.25) is 0 Å². The van der Waals surface area contributed by atoms with Crippen LogP contribution in [0.25, 0.3) is 52.8 Å². The van der Waals surface area contributed by atoms with Crippen LogP contribution in [0.2, 0.25) is 0 Å². The summed E-state index contributed by atoms with van der Waals surface area (Å²) in [5, 5.41) is 0. The van der Waals surface area contributed by atoms with Gasteiger partial charge in [-0.05, 0) is 66.2 Å². The molecular weight excluding hydrogens is 610 g/mol. The third kappa shape index (κ3) is 4.73. The van der Waals surface area contributed by atoms with E-state index < -0.39 is 5.51 Å². The van der Waals surface area contributed by atoms with Crippen LogP contribution < -0.4 is 0 Å². The van der Waals surface area contributed by atoms with Crippen LogP contribution in [-0.4, -0.2) is 14.3 Å². The Balaban J connectivity index is 1.29. The van der Waals surface area contributed by atoms with Crippen LogP contribution in [0.15, 0.2) is 86.4 Å². The molecule has 6 aromatic rings. The van der Waals surface area contributed by atoms with Crippen LogP contribution in [-0.2, 0) is 11.4 Å². The van der Waals surface area contributed by atoms with Gasteiger partial charge < -0.3 is 0 Å². The Bertz CT molecular complexity index is 1960. The molecule has 0 radical (unpaired) electrons. The second-order valence-electron chi connectivity index (χ2n) is 8.94. The minimum Gasteiger partial charge on any atom is -0.172 e. The third-order valence-electron chi connectivity index (χ3n) is 6.34. The largest absolute Gasteiger partial charge is 0.446 e. The normalized spacial score (nSPS) is 12.7. The first-order valence-corrected chi connectivity index (χ1v) is 15.8. The van der Waals surface area contributed by atoms with Crippen molar-refractivity contribution in [3.8, 4) is 41.8 Å². The molecule has 4 nitrogen and oxygen atoms in total. The standard InChI is InChI=1S/C28H15F3N4S5/c1-14-2-4-15(5-3-14)18-10-12-20(36-18)22-24-26(34-39-32-24)23(27-25(22)33-40-35-27)21-13-11-19(37-21)16-6-8-17(9-7-16)38-28(29,30)31/h2-13H,1H3. The molecule has 40 heavy (non-hydrogen) atoms. The lowest BCUT2D eigenvalue weighted by molar-refractivity contribution is -0.0328. The molecule has 3 aromatic carbocycles. The van der Waals surface area contributed by atoms with Gasteiger partial charge >= 0.3 is 5.51 Å². The maximum absolute atomic E-state index is 12.7. The molecule has 198 valence electrons. The molecule has 0 saturated carbocycles. The van der Waals surface area contributed by atoms with Crippen molar-refractivity contribution in [2.24, 2.45) is 8.73 Å². The molecule has 0 N–H and O–H groups in total. The summed E-state index contributed by atoms with van der Waals surface area (Å²) in [7, 11) is 0. The lowest BCUT2D eigenvalue weighted by Crippen LogP contribution is -1.98. The van der Waals surface area contributed by atoms with E-state index in [2.05, 4.69) is 52.1 Å². The van der Waals surface area contributed by atoms with Crippen molar-refractivity contribution in [1.82, 2.24) is 8.75 Å². The summed E-state index contributed by atoms with van der Waals surface area (Å²) in [6.07, 6.45) is 0. The molecule has 1 aliphatic heterocycles. The van der Waals surface area contributed by atoms with Crippen LogP contribution in [0.3, 0.4) is 0 Å². The van der Waals surface area contributed by atoms with E-state index in [9.17, 15) is 13.2 Å². The Morgan fingerprint density at radius 1 is 0.625 bits per heavy atom. The van der Waals surface area contributed by atoms with Gasteiger partial charge in [0.25, 0.3) is 0 Å². The number of aryl methyl sites for hydroxylation is 1. The molecule has 0 bridgehead atoms. The maximum atomic E-state index is 12.7. The number of halogens is 3. The number of aromatic nitrogens is 2. The Morgan fingerprint density at radius 2 is 1.10 bits per heavy atom. The van der Waals surface area contributed by atoms with Crippen LogP contribution >= 0.6 is 46.2 Å². The number of rotatable bonds is 5. The fraction of sp³-hybridized carbons (Fsp3) is 0.0714. The fourth-order valence-electron chi connectivity index (χ4n) is 4.52. The predicted molar refractivity (Wildman–Crippen MR) is 163 cm³/mol. The van der Waals surface area contributed by atoms with Crippen molar-refractivity contribution in [1.29, 1.82) is 0 Å². The zero-order valence-electron chi connectivity index (χ0n) is 20.4. The summed E-state index contributed by atoms with van der Waals surface area (Å²) in [4.78, 5) is 4.28. The number of benzene rings is 3. The Hall–Kier alpha value is -3.16. The zero-order valence-corrected chi connectivity index (χ0v) is 24.5. The quantitative estimate of drug-likeness (QED) is 0.179. The van der Waals surface area contributed by atoms with E-state index in [0.717, 1.165) is 87.3 Å². The van der Waals surface area contributed by atoms with Gasteiger partial charge in [-0.25, -0.2) is 0 Å². The lowest BCUT2D eigenvalue weighted by Gasteiger charge is -2.09. The van der Waals surface area contributed by atoms with Gasteiger partial charge in [-0.1, -0.05) is 42.0 Å². The SMILES string of the molecule is Cc1ccc(-c2ccc(-c3c4c(c(-c5ccc(-c6ccc(SC(F)(F)F)cc6)s5)c5nsnc35)N=S=N4)s2)cc1. The highest BCUT2D eigenvalue weighted by Crippen LogP contribution is 2.54. The summed E-state index contributed by atoms with van der Waals surface area (Å²) in [6, 6.07) is 23.1. The fourth-order valence-corrected chi connectivity index (χ4v) is 8.29. The first-order chi connectivity index (χ1) is 19.3. The minimum absolute atomic E-state index is 0.112. The zero-order chi connectivity index (χ0) is 27.4. The molecule has 3 aromatic heterocycles. The van der Waals surface area contributed by atoms with E-state index >= 15 is 0 Å². The molecule has 4 heterocycles. The van der Waals surface area contributed by atoms with Gasteiger partial charge in [0, 0.05) is 35.5 Å². The second-order valence-corrected chi connectivity index (χ2v) is 13.3. The second kappa shape index (κ2) is 10.0. The third-order valence-corrected chi connectivity index (χ3v) is 10.4. The molecule has 0 atom stereocenters. The van der Waals surface area contributed by atoms with Crippen LogP contribution in [0.1, 0.15) is 5.56 Å². The van der Waals surface area contributed by atoms with Crippen LogP contribution in [0, 0.1) is 6.92 Å². The molecule has 7 rings (SSSR count).